The Bertz CT molecular complexity index is 1000. The van der Waals surface area contributed by atoms with Gasteiger partial charge in [-0.05, 0) is 29.2 Å². The number of carbonyl (C=O) groups is 3. The van der Waals surface area contributed by atoms with Crippen LogP contribution in [0.15, 0.2) is 48.5 Å². The Balaban J connectivity index is 1.42. The predicted molar refractivity (Wildman–Crippen MR) is 116 cm³/mol. The second kappa shape index (κ2) is 8.63. The average molecular weight is 438 g/mol. The van der Waals surface area contributed by atoms with Crippen molar-refractivity contribution in [1.82, 2.24) is 10.2 Å². The molecule has 168 valence electrons. The molecule has 1 unspecified atom stereocenters. The first kappa shape index (κ1) is 21.8. The summed E-state index contributed by atoms with van der Waals surface area (Å²) in [5, 5.41) is 11.7. The second-order valence-corrected chi connectivity index (χ2v) is 8.46. The summed E-state index contributed by atoms with van der Waals surface area (Å²) in [4.78, 5) is 38.0. The Labute approximate surface area is 186 Å². The fourth-order valence-electron chi connectivity index (χ4n) is 4.45. The van der Waals surface area contributed by atoms with Crippen molar-refractivity contribution >= 4 is 18.0 Å². The van der Waals surface area contributed by atoms with Crippen LogP contribution in [0.4, 0.5) is 4.79 Å². The maximum Gasteiger partial charge on any atom is 0.408 e. The van der Waals surface area contributed by atoms with Crippen molar-refractivity contribution in [3.63, 3.8) is 0 Å². The molecule has 2 aromatic rings. The predicted octanol–water partition coefficient (Wildman–Crippen LogP) is 2.47. The third kappa shape index (κ3) is 3.93. The van der Waals surface area contributed by atoms with Gasteiger partial charge in [0.25, 0.3) is 5.91 Å². The second-order valence-electron chi connectivity index (χ2n) is 8.46. The van der Waals surface area contributed by atoms with Crippen LogP contribution < -0.4 is 5.32 Å². The summed E-state index contributed by atoms with van der Waals surface area (Å²) < 4.78 is 10.7. The third-order valence-corrected chi connectivity index (χ3v) is 6.14. The van der Waals surface area contributed by atoms with Gasteiger partial charge in [-0.3, -0.25) is 9.59 Å². The summed E-state index contributed by atoms with van der Waals surface area (Å²) in [6.07, 6.45) is -0.727. The quantitative estimate of drug-likeness (QED) is 0.688. The smallest absolute Gasteiger partial charge is 0.408 e. The van der Waals surface area contributed by atoms with Crippen molar-refractivity contribution in [2.24, 2.45) is 5.92 Å². The Morgan fingerprint density at radius 3 is 2.16 bits per heavy atom. The van der Waals surface area contributed by atoms with Gasteiger partial charge in [0.15, 0.2) is 0 Å². The SMILES string of the molecule is COCC(C)(NC(=O)OCC1c2ccccc2-c2ccccc21)C(=O)N1CC(C(=O)O)C1. The maximum atomic E-state index is 12.9. The number of hydrogen-bond acceptors (Lipinski definition) is 5. The molecule has 2 aliphatic rings. The number of benzene rings is 2. The lowest BCUT2D eigenvalue weighted by atomic mass is 9.94. The number of carbonyl (C=O) groups excluding carboxylic acids is 2. The van der Waals surface area contributed by atoms with E-state index in [2.05, 4.69) is 17.4 Å². The molecule has 0 radical (unpaired) electrons. The Morgan fingerprint density at radius 1 is 1.06 bits per heavy atom. The van der Waals surface area contributed by atoms with Gasteiger partial charge in [0.2, 0.25) is 0 Å². The van der Waals surface area contributed by atoms with Crippen molar-refractivity contribution in [2.75, 3.05) is 33.4 Å². The molecule has 1 heterocycles. The number of alkyl carbamates (subject to hydrolysis) is 1. The standard InChI is InChI=1S/C24H26N2O6/c1-24(14-31-2,22(29)26-11-15(12-26)21(27)28)25-23(30)32-13-20-18-9-5-3-7-16(18)17-8-4-6-10-19(17)20/h3-10,15,20H,11-14H2,1-2H3,(H,25,30)(H,27,28). The van der Waals surface area contributed by atoms with Gasteiger partial charge in [0, 0.05) is 26.1 Å². The number of fused-ring (bicyclic) bond motifs is 3. The third-order valence-electron chi connectivity index (χ3n) is 6.14. The molecule has 0 aromatic heterocycles. The van der Waals surface area contributed by atoms with E-state index in [1.807, 2.05) is 36.4 Å². The minimum atomic E-state index is -1.36. The van der Waals surface area contributed by atoms with E-state index in [4.69, 9.17) is 14.6 Å². The van der Waals surface area contributed by atoms with E-state index < -0.39 is 29.4 Å². The number of nitrogens with one attached hydrogen (secondary N) is 1. The molecule has 2 amide bonds. The number of aliphatic carboxylic acids is 1. The van der Waals surface area contributed by atoms with Gasteiger partial charge in [-0.25, -0.2) is 4.79 Å². The van der Waals surface area contributed by atoms with Gasteiger partial charge in [0.05, 0.1) is 12.5 Å². The van der Waals surface area contributed by atoms with Crippen LogP contribution >= 0.6 is 0 Å². The monoisotopic (exact) mass is 438 g/mol. The summed E-state index contributed by atoms with van der Waals surface area (Å²) in [5.74, 6) is -2.01. The molecule has 1 aliphatic carbocycles. The highest BCUT2D eigenvalue weighted by Gasteiger charge is 2.45. The Hall–Kier alpha value is -3.39. The maximum absolute atomic E-state index is 12.9. The van der Waals surface area contributed by atoms with Gasteiger partial charge in [-0.1, -0.05) is 48.5 Å². The lowest BCUT2D eigenvalue weighted by molar-refractivity contribution is -0.156. The molecule has 0 spiro atoms. The lowest BCUT2D eigenvalue weighted by Crippen LogP contribution is -2.65. The van der Waals surface area contributed by atoms with E-state index in [0.717, 1.165) is 22.3 Å². The molecule has 1 saturated heterocycles. The van der Waals surface area contributed by atoms with Crippen LogP contribution in [0, 0.1) is 5.92 Å². The van der Waals surface area contributed by atoms with Crippen molar-refractivity contribution < 1.29 is 29.0 Å². The first-order valence-electron chi connectivity index (χ1n) is 10.5. The van der Waals surface area contributed by atoms with Crippen LogP contribution in [0.5, 0.6) is 0 Å². The molecule has 2 aromatic carbocycles. The fourth-order valence-corrected chi connectivity index (χ4v) is 4.45. The molecule has 32 heavy (non-hydrogen) atoms. The van der Waals surface area contributed by atoms with Crippen LogP contribution in [0.1, 0.15) is 24.0 Å². The highest BCUT2D eigenvalue weighted by Crippen LogP contribution is 2.44. The normalized spacial score (nSPS) is 17.0. The zero-order valence-corrected chi connectivity index (χ0v) is 18.0. The minimum Gasteiger partial charge on any atom is -0.481 e. The van der Waals surface area contributed by atoms with Gasteiger partial charge < -0.3 is 24.8 Å². The summed E-state index contributed by atoms with van der Waals surface area (Å²) in [6.45, 7) is 1.83. The summed E-state index contributed by atoms with van der Waals surface area (Å²) in [5.41, 5.74) is 3.08. The van der Waals surface area contributed by atoms with Crippen LogP contribution in [-0.4, -0.2) is 66.9 Å². The van der Waals surface area contributed by atoms with E-state index in [1.165, 1.54) is 12.0 Å². The molecular weight excluding hydrogens is 412 g/mol. The number of carboxylic acids is 1. The topological polar surface area (TPSA) is 105 Å². The van der Waals surface area contributed by atoms with E-state index >= 15 is 0 Å². The molecular formula is C24H26N2O6. The number of carboxylic acid groups (broad SMARTS) is 1. The molecule has 1 atom stereocenters. The van der Waals surface area contributed by atoms with Crippen molar-refractivity contribution in [3.05, 3.63) is 59.7 Å². The molecule has 1 fully saturated rings. The summed E-state index contributed by atoms with van der Waals surface area (Å²) >= 11 is 0. The van der Waals surface area contributed by atoms with Crippen LogP contribution in [-0.2, 0) is 19.1 Å². The Morgan fingerprint density at radius 2 is 1.62 bits per heavy atom. The number of rotatable bonds is 7. The van der Waals surface area contributed by atoms with Gasteiger partial charge in [0.1, 0.15) is 12.1 Å². The molecule has 1 aliphatic heterocycles. The van der Waals surface area contributed by atoms with Gasteiger partial charge >= 0.3 is 12.1 Å². The summed E-state index contributed by atoms with van der Waals surface area (Å²) in [7, 11) is 1.43. The number of nitrogens with zero attached hydrogens (tertiary/aromatic N) is 1. The number of ether oxygens (including phenoxy) is 2. The van der Waals surface area contributed by atoms with Gasteiger partial charge in [-0.15, -0.1) is 0 Å². The van der Waals surface area contributed by atoms with Crippen LogP contribution in [0.25, 0.3) is 11.1 Å². The first-order valence-corrected chi connectivity index (χ1v) is 10.5. The Kier molecular flexibility index (Phi) is 5.88. The lowest BCUT2D eigenvalue weighted by Gasteiger charge is -2.42. The highest BCUT2D eigenvalue weighted by atomic mass is 16.5. The number of likely N-dealkylation sites (tertiary alicyclic amines) is 1. The van der Waals surface area contributed by atoms with Crippen LogP contribution in [0.3, 0.4) is 0 Å². The minimum absolute atomic E-state index is 0.0652. The highest BCUT2D eigenvalue weighted by molar-refractivity contribution is 5.91. The number of methoxy groups -OCH3 is 1. The summed E-state index contributed by atoms with van der Waals surface area (Å²) in [6, 6.07) is 16.1. The fraction of sp³-hybridized carbons (Fsp3) is 0.375. The molecule has 0 bridgehead atoms. The van der Waals surface area contributed by atoms with Crippen molar-refractivity contribution in [3.8, 4) is 11.1 Å². The molecule has 8 heteroatoms. The first-order chi connectivity index (χ1) is 15.3. The van der Waals surface area contributed by atoms with E-state index in [9.17, 15) is 14.4 Å². The number of amides is 2. The van der Waals surface area contributed by atoms with Gasteiger partial charge in [-0.2, -0.15) is 0 Å². The van der Waals surface area contributed by atoms with Crippen molar-refractivity contribution in [1.29, 1.82) is 0 Å². The molecule has 2 N–H and O–H groups in total. The molecule has 4 rings (SSSR count). The average Bonchev–Trinajstić information content (AvgIpc) is 3.05. The van der Waals surface area contributed by atoms with E-state index in [1.54, 1.807) is 6.92 Å². The molecule has 0 saturated carbocycles. The van der Waals surface area contributed by atoms with Crippen LogP contribution in [0.2, 0.25) is 0 Å². The zero-order valence-electron chi connectivity index (χ0n) is 18.0. The zero-order chi connectivity index (χ0) is 22.9. The molecule has 8 nitrogen and oxygen atoms in total. The largest absolute Gasteiger partial charge is 0.481 e. The van der Waals surface area contributed by atoms with Crippen molar-refractivity contribution in [2.45, 2.75) is 18.4 Å². The van der Waals surface area contributed by atoms with E-state index in [0.29, 0.717) is 0 Å². The number of hydrogen-bond donors (Lipinski definition) is 2. The van der Waals surface area contributed by atoms with E-state index in [-0.39, 0.29) is 32.2 Å².